The fraction of sp³-hybridized carbons (Fsp3) is 0.273. The molecule has 0 unspecified atom stereocenters. The molecule has 2 aromatic rings. The Morgan fingerprint density at radius 3 is 2.55 bits per heavy atom. The molecule has 0 spiro atoms. The Bertz CT molecular complexity index is 1080. The number of hydrogen-bond acceptors (Lipinski definition) is 6. The largest absolute Gasteiger partial charge is 0.478 e. The average Bonchev–Trinajstić information content (AvgIpc) is 3.34. The van der Waals surface area contributed by atoms with E-state index in [9.17, 15) is 24.3 Å². The van der Waals surface area contributed by atoms with Crippen LogP contribution in [0.1, 0.15) is 35.4 Å². The van der Waals surface area contributed by atoms with Crippen LogP contribution in [0, 0.1) is 0 Å². The van der Waals surface area contributed by atoms with E-state index in [0.29, 0.717) is 30.2 Å². The Morgan fingerprint density at radius 1 is 1.06 bits per heavy atom. The molecule has 0 aliphatic carbocycles. The lowest BCUT2D eigenvalue weighted by Crippen LogP contribution is -2.44. The highest BCUT2D eigenvalue weighted by atomic mass is 32.2. The van der Waals surface area contributed by atoms with E-state index in [1.165, 1.54) is 12.1 Å². The zero-order chi connectivity index (χ0) is 22.0. The number of nitrogens with zero attached hydrogens (tertiary/aromatic N) is 2. The van der Waals surface area contributed by atoms with Crippen LogP contribution >= 0.6 is 11.8 Å². The van der Waals surface area contributed by atoms with Gasteiger partial charge in [-0.05, 0) is 49.2 Å². The van der Waals surface area contributed by atoms with Crippen LogP contribution < -0.4 is 0 Å². The molecule has 1 aromatic carbocycles. The molecule has 0 radical (unpaired) electrons. The normalized spacial score (nSPS) is 18.1. The van der Waals surface area contributed by atoms with E-state index >= 15 is 0 Å². The lowest BCUT2D eigenvalue weighted by Gasteiger charge is -2.27. The molecule has 2 fully saturated rings. The molecule has 2 aliphatic rings. The van der Waals surface area contributed by atoms with E-state index < -0.39 is 17.1 Å². The first-order valence-electron chi connectivity index (χ1n) is 9.90. The maximum absolute atomic E-state index is 12.7. The molecule has 3 heterocycles. The first kappa shape index (κ1) is 20.9. The maximum atomic E-state index is 12.7. The second-order valence-corrected chi connectivity index (χ2v) is 8.26. The first-order chi connectivity index (χ1) is 14.9. The van der Waals surface area contributed by atoms with Crippen LogP contribution in [-0.2, 0) is 9.59 Å². The van der Waals surface area contributed by atoms with Crippen LogP contribution in [0.25, 0.3) is 17.4 Å². The molecule has 9 heteroatoms. The van der Waals surface area contributed by atoms with Crippen LogP contribution in [-0.4, -0.2) is 57.6 Å². The molecule has 2 saturated heterocycles. The summed E-state index contributed by atoms with van der Waals surface area (Å²) in [5.74, 6) is -1.20. The number of carboxylic acids is 1. The van der Waals surface area contributed by atoms with Gasteiger partial charge >= 0.3 is 5.97 Å². The summed E-state index contributed by atoms with van der Waals surface area (Å²) >= 11 is 0.752. The van der Waals surface area contributed by atoms with Crippen LogP contribution in [0.3, 0.4) is 0 Å². The van der Waals surface area contributed by atoms with Crippen LogP contribution in [0.4, 0.5) is 4.79 Å². The number of furan rings is 1. The zero-order valence-electron chi connectivity index (χ0n) is 16.6. The fourth-order valence-electron chi connectivity index (χ4n) is 3.60. The van der Waals surface area contributed by atoms with Gasteiger partial charge in [0, 0.05) is 24.7 Å². The Kier molecular flexibility index (Phi) is 5.94. The lowest BCUT2D eigenvalue weighted by atomic mass is 10.1. The van der Waals surface area contributed by atoms with Crippen molar-refractivity contribution in [2.24, 2.45) is 0 Å². The number of carbonyl (C=O) groups excluding carboxylic acids is 3. The molecule has 160 valence electrons. The monoisotopic (exact) mass is 440 g/mol. The lowest BCUT2D eigenvalue weighted by molar-refractivity contribution is -0.136. The van der Waals surface area contributed by atoms with Crippen molar-refractivity contribution in [3.8, 4) is 11.3 Å². The molecule has 2 aliphatic heterocycles. The third-order valence-corrected chi connectivity index (χ3v) is 6.11. The number of thioether (sulfide) groups is 1. The number of likely N-dealkylation sites (tertiary alicyclic amines) is 1. The van der Waals surface area contributed by atoms with Gasteiger partial charge in [-0.1, -0.05) is 18.2 Å². The summed E-state index contributed by atoms with van der Waals surface area (Å²) in [4.78, 5) is 51.7. The first-order valence-corrected chi connectivity index (χ1v) is 10.7. The summed E-state index contributed by atoms with van der Waals surface area (Å²) < 4.78 is 5.71. The summed E-state index contributed by atoms with van der Waals surface area (Å²) in [5.41, 5.74) is 0.509. The summed E-state index contributed by atoms with van der Waals surface area (Å²) in [6, 6.07) is 9.64. The highest BCUT2D eigenvalue weighted by Crippen LogP contribution is 2.34. The van der Waals surface area contributed by atoms with Gasteiger partial charge in [0.25, 0.3) is 11.1 Å². The molecule has 4 rings (SSSR count). The highest BCUT2D eigenvalue weighted by Gasteiger charge is 2.37. The van der Waals surface area contributed by atoms with Gasteiger partial charge in [0.1, 0.15) is 18.1 Å². The van der Waals surface area contributed by atoms with Crippen molar-refractivity contribution < 1.29 is 28.7 Å². The molecule has 31 heavy (non-hydrogen) atoms. The molecule has 0 saturated carbocycles. The number of piperidine rings is 1. The molecule has 1 aromatic heterocycles. The Hall–Kier alpha value is -3.33. The topological polar surface area (TPSA) is 108 Å². The number of benzene rings is 1. The minimum atomic E-state index is -1.08. The van der Waals surface area contributed by atoms with Gasteiger partial charge in [0.05, 0.1) is 10.5 Å². The second kappa shape index (κ2) is 8.81. The van der Waals surface area contributed by atoms with Gasteiger partial charge in [-0.15, -0.1) is 0 Å². The van der Waals surface area contributed by atoms with E-state index in [0.717, 1.165) is 35.9 Å². The molecule has 3 amide bonds. The third kappa shape index (κ3) is 4.41. The van der Waals surface area contributed by atoms with Crippen molar-refractivity contribution in [2.45, 2.75) is 19.3 Å². The van der Waals surface area contributed by atoms with Gasteiger partial charge < -0.3 is 14.4 Å². The van der Waals surface area contributed by atoms with Crippen molar-refractivity contribution >= 4 is 40.9 Å². The minimum Gasteiger partial charge on any atom is -0.478 e. The number of amides is 3. The van der Waals surface area contributed by atoms with Crippen LogP contribution in [0.2, 0.25) is 0 Å². The van der Waals surface area contributed by atoms with Crippen molar-refractivity contribution in [3.05, 3.63) is 52.6 Å². The number of hydrogen-bond donors (Lipinski definition) is 1. The molecule has 0 bridgehead atoms. The zero-order valence-corrected chi connectivity index (χ0v) is 17.4. The minimum absolute atomic E-state index is 0.0972. The number of imide groups is 1. The molecule has 0 atom stereocenters. The summed E-state index contributed by atoms with van der Waals surface area (Å²) in [6.07, 6.45) is 4.37. The van der Waals surface area contributed by atoms with Crippen molar-refractivity contribution in [1.82, 2.24) is 9.80 Å². The summed E-state index contributed by atoms with van der Waals surface area (Å²) in [5, 5.41) is 8.85. The van der Waals surface area contributed by atoms with E-state index in [1.54, 1.807) is 35.2 Å². The van der Waals surface area contributed by atoms with E-state index in [1.807, 2.05) is 0 Å². The van der Waals surface area contributed by atoms with Gasteiger partial charge in [0.15, 0.2) is 0 Å². The van der Waals surface area contributed by atoms with Gasteiger partial charge in [-0.3, -0.25) is 19.3 Å². The summed E-state index contributed by atoms with van der Waals surface area (Å²) in [6.45, 7) is 1.03. The van der Waals surface area contributed by atoms with Crippen LogP contribution in [0.5, 0.6) is 0 Å². The SMILES string of the molecule is O=C(O)c1ccccc1-c1ccc(/C=C2\SC(=O)N(CC(=O)N3CCCCC3)C2=O)o1. The number of carboxylic acid groups (broad SMARTS) is 1. The molecule has 1 N–H and O–H groups in total. The van der Waals surface area contributed by atoms with Crippen LogP contribution in [0.15, 0.2) is 45.7 Å². The van der Waals surface area contributed by atoms with E-state index in [-0.39, 0.29) is 22.9 Å². The van der Waals surface area contributed by atoms with E-state index in [4.69, 9.17) is 4.42 Å². The molecule has 8 nitrogen and oxygen atoms in total. The number of rotatable bonds is 5. The smallest absolute Gasteiger partial charge is 0.336 e. The van der Waals surface area contributed by atoms with Gasteiger partial charge in [-0.2, -0.15) is 0 Å². The average molecular weight is 440 g/mol. The maximum Gasteiger partial charge on any atom is 0.336 e. The third-order valence-electron chi connectivity index (χ3n) is 5.20. The fourth-order valence-corrected chi connectivity index (χ4v) is 4.42. The standard InChI is InChI=1S/C22H20N2O6S/c25-19(23-10-4-1-5-11-23)13-24-20(26)18(31-22(24)29)12-14-8-9-17(30-14)15-6-2-3-7-16(15)21(27)28/h2-3,6-9,12H,1,4-5,10-11,13H2,(H,27,28)/b18-12-. The summed E-state index contributed by atoms with van der Waals surface area (Å²) in [7, 11) is 0. The highest BCUT2D eigenvalue weighted by molar-refractivity contribution is 8.18. The Labute approximate surface area is 182 Å². The molecular formula is C22H20N2O6S. The van der Waals surface area contributed by atoms with Crippen molar-refractivity contribution in [3.63, 3.8) is 0 Å². The number of aromatic carboxylic acids is 1. The predicted octanol–water partition coefficient (Wildman–Crippen LogP) is 3.69. The quantitative estimate of drug-likeness (QED) is 0.706. The number of carbonyl (C=O) groups is 4. The van der Waals surface area contributed by atoms with Gasteiger partial charge in [0.2, 0.25) is 5.91 Å². The predicted molar refractivity (Wildman–Crippen MR) is 114 cm³/mol. The molecular weight excluding hydrogens is 420 g/mol. The van der Waals surface area contributed by atoms with Crippen molar-refractivity contribution in [1.29, 1.82) is 0 Å². The van der Waals surface area contributed by atoms with E-state index in [2.05, 4.69) is 0 Å². The Morgan fingerprint density at radius 2 is 1.81 bits per heavy atom. The second-order valence-electron chi connectivity index (χ2n) is 7.26. The van der Waals surface area contributed by atoms with Gasteiger partial charge in [-0.25, -0.2) is 4.79 Å². The Balaban J connectivity index is 1.50. The van der Waals surface area contributed by atoms with Crippen molar-refractivity contribution in [2.75, 3.05) is 19.6 Å².